The van der Waals surface area contributed by atoms with Gasteiger partial charge >= 0.3 is 0 Å². The molecule has 5 heteroatoms. The van der Waals surface area contributed by atoms with E-state index in [-0.39, 0.29) is 27.6 Å². The van der Waals surface area contributed by atoms with Crippen molar-refractivity contribution >= 4 is 21.0 Å². The zero-order valence-electron chi connectivity index (χ0n) is 24.0. The third-order valence-corrected chi connectivity index (χ3v) is 9.67. The first kappa shape index (κ1) is 30.7. The highest BCUT2D eigenvalue weighted by Crippen LogP contribution is 2.37. The average Bonchev–Trinajstić information content (AvgIpc) is 2.90. The van der Waals surface area contributed by atoms with E-state index in [1.54, 1.807) is 6.07 Å². The fourth-order valence-electron chi connectivity index (χ4n) is 4.79. The molecule has 0 fully saturated rings. The Morgan fingerprint density at radius 3 is 1.38 bits per heavy atom. The molecule has 0 aliphatic carbocycles. The van der Waals surface area contributed by atoms with Gasteiger partial charge < -0.3 is 4.55 Å². The van der Waals surface area contributed by atoms with Crippen LogP contribution in [0.3, 0.4) is 0 Å². The summed E-state index contributed by atoms with van der Waals surface area (Å²) < 4.78 is 34.4. The maximum Gasteiger partial charge on any atom is 0.166 e. The third-order valence-electron chi connectivity index (χ3n) is 6.54. The van der Waals surface area contributed by atoms with Crippen LogP contribution in [0.4, 0.5) is 0 Å². The van der Waals surface area contributed by atoms with Gasteiger partial charge in [0.15, 0.2) is 14.7 Å². The number of benzene rings is 4. The molecule has 0 aliphatic rings. The van der Waals surface area contributed by atoms with E-state index in [1.165, 1.54) is 26.3 Å². The quantitative estimate of drug-likeness (QED) is 0.167. The second kappa shape index (κ2) is 13.5. The molecular weight excluding hydrogens is 521 g/mol. The van der Waals surface area contributed by atoms with Crippen molar-refractivity contribution in [2.24, 2.45) is 0 Å². The number of rotatable bonds is 7. The Hall–Kier alpha value is -2.86. The van der Waals surface area contributed by atoms with Crippen LogP contribution in [0.25, 0.3) is 0 Å². The zero-order chi connectivity index (χ0) is 28.7. The lowest BCUT2D eigenvalue weighted by atomic mass is 9.83. The van der Waals surface area contributed by atoms with Gasteiger partial charge in [-0.3, -0.25) is 0 Å². The summed E-state index contributed by atoms with van der Waals surface area (Å²) in [5.41, 5.74) is 4.14. The highest BCUT2D eigenvalue weighted by atomic mass is 32.2. The number of aryl methyl sites for hydroxylation is 1. The summed E-state index contributed by atoms with van der Waals surface area (Å²) in [6, 6.07) is 33.6. The molecule has 0 spiro atoms. The minimum Gasteiger partial charge on any atom is -0.744 e. The van der Waals surface area contributed by atoms with Gasteiger partial charge in [-0.15, -0.1) is 0 Å². The van der Waals surface area contributed by atoms with Crippen LogP contribution in [0.15, 0.2) is 117 Å². The van der Waals surface area contributed by atoms with E-state index in [0.29, 0.717) is 11.5 Å². The molecule has 0 unspecified atom stereocenters. The van der Waals surface area contributed by atoms with Crippen molar-refractivity contribution in [2.45, 2.75) is 85.8 Å². The average molecular weight is 561 g/mol. The molecule has 4 aromatic carbocycles. The molecule has 0 saturated heterocycles. The second-order valence-corrected chi connectivity index (χ2v) is 14.0. The highest BCUT2D eigenvalue weighted by molar-refractivity contribution is 7.97. The van der Waals surface area contributed by atoms with E-state index < -0.39 is 10.1 Å². The van der Waals surface area contributed by atoms with E-state index in [4.69, 9.17) is 0 Å². The van der Waals surface area contributed by atoms with Crippen molar-refractivity contribution in [1.82, 2.24) is 0 Å². The molecule has 0 atom stereocenters. The molecule has 0 aliphatic heterocycles. The first-order chi connectivity index (χ1) is 18.4. The fraction of sp³-hybridized carbons (Fsp3) is 0.294. The molecule has 39 heavy (non-hydrogen) atoms. The maximum absolute atomic E-state index is 11.5. The summed E-state index contributed by atoms with van der Waals surface area (Å²) in [6.45, 7) is 14.2. The van der Waals surface area contributed by atoms with Crippen LogP contribution in [0.1, 0.15) is 81.5 Å². The number of hydrogen-bond donors (Lipinski definition) is 0. The van der Waals surface area contributed by atoms with Crippen molar-refractivity contribution in [1.29, 1.82) is 0 Å². The molecular formula is C34H40O3S2. The summed E-state index contributed by atoms with van der Waals surface area (Å²) in [5, 5.41) is 0. The molecule has 0 radical (unpaired) electrons. The fourth-order valence-corrected chi connectivity index (χ4v) is 7.72. The van der Waals surface area contributed by atoms with Gasteiger partial charge in [0.2, 0.25) is 0 Å². The van der Waals surface area contributed by atoms with Crippen LogP contribution in [-0.4, -0.2) is 13.0 Å². The van der Waals surface area contributed by atoms with E-state index in [1.807, 2.05) is 27.7 Å². The second-order valence-electron chi connectivity index (χ2n) is 10.6. The van der Waals surface area contributed by atoms with Gasteiger partial charge in [0, 0.05) is 0 Å². The summed E-state index contributed by atoms with van der Waals surface area (Å²) in [4.78, 5) is 4.04. The van der Waals surface area contributed by atoms with Gasteiger partial charge in [-0.05, 0) is 83.8 Å². The Kier molecular flexibility index (Phi) is 10.6. The Balaban J connectivity index is 0.000000216. The van der Waals surface area contributed by atoms with Crippen molar-refractivity contribution in [3.63, 3.8) is 0 Å². The lowest BCUT2D eigenvalue weighted by Gasteiger charge is -2.26. The molecule has 4 aromatic rings. The highest BCUT2D eigenvalue weighted by Gasteiger charge is 2.28. The molecule has 3 nitrogen and oxygen atoms in total. The van der Waals surface area contributed by atoms with Crippen molar-refractivity contribution in [3.05, 3.63) is 119 Å². The van der Waals surface area contributed by atoms with Crippen LogP contribution in [0.2, 0.25) is 0 Å². The first-order valence-corrected chi connectivity index (χ1v) is 16.1. The van der Waals surface area contributed by atoms with Crippen LogP contribution in [-0.2, 0) is 21.0 Å². The molecule has 0 amide bonds. The topological polar surface area (TPSA) is 57.2 Å². The molecule has 206 valence electrons. The lowest BCUT2D eigenvalue weighted by Crippen LogP contribution is -2.12. The van der Waals surface area contributed by atoms with Gasteiger partial charge in [-0.2, -0.15) is 0 Å². The SMILES string of the molecule is CC(C)c1ccc(S(=O)(=O)[O-])c(C(C)C)c1C(C)C.Cc1ccc([S+](c2ccccc2)c2ccccc2)cc1. The summed E-state index contributed by atoms with van der Waals surface area (Å²) in [7, 11) is -4.45. The van der Waals surface area contributed by atoms with Gasteiger partial charge in [-0.25, -0.2) is 8.42 Å². The normalized spacial score (nSPS) is 11.7. The predicted molar refractivity (Wildman–Crippen MR) is 163 cm³/mol. The van der Waals surface area contributed by atoms with Crippen molar-refractivity contribution in [3.8, 4) is 0 Å². The van der Waals surface area contributed by atoms with Crippen LogP contribution in [0.5, 0.6) is 0 Å². The minimum absolute atomic E-state index is 0.00910. The summed E-state index contributed by atoms with van der Waals surface area (Å²) in [6.07, 6.45) is 0. The van der Waals surface area contributed by atoms with Gasteiger partial charge in [-0.1, -0.05) is 102 Å². The van der Waals surface area contributed by atoms with Gasteiger partial charge in [0.1, 0.15) is 10.1 Å². The summed E-state index contributed by atoms with van der Waals surface area (Å²) in [5.74, 6) is 0.504. The molecule has 0 saturated carbocycles. The Morgan fingerprint density at radius 2 is 1.00 bits per heavy atom. The smallest absolute Gasteiger partial charge is 0.166 e. The van der Waals surface area contributed by atoms with E-state index in [2.05, 4.69) is 106 Å². The molecule has 4 rings (SSSR count). The molecule has 0 heterocycles. The summed E-state index contributed by atoms with van der Waals surface area (Å²) >= 11 is 0. The number of hydrogen-bond acceptors (Lipinski definition) is 3. The lowest BCUT2D eigenvalue weighted by molar-refractivity contribution is 0.461. The third kappa shape index (κ3) is 7.84. The van der Waals surface area contributed by atoms with E-state index in [0.717, 1.165) is 11.1 Å². The van der Waals surface area contributed by atoms with Crippen LogP contribution < -0.4 is 0 Å². The van der Waals surface area contributed by atoms with E-state index >= 15 is 0 Å². The van der Waals surface area contributed by atoms with Crippen LogP contribution in [0, 0.1) is 6.92 Å². The zero-order valence-corrected chi connectivity index (χ0v) is 25.6. The van der Waals surface area contributed by atoms with Crippen molar-refractivity contribution < 1.29 is 13.0 Å². The van der Waals surface area contributed by atoms with Crippen molar-refractivity contribution in [2.75, 3.05) is 0 Å². The minimum atomic E-state index is -4.43. The molecule has 0 aromatic heterocycles. The van der Waals surface area contributed by atoms with Crippen LogP contribution >= 0.6 is 0 Å². The van der Waals surface area contributed by atoms with E-state index in [9.17, 15) is 13.0 Å². The monoisotopic (exact) mass is 560 g/mol. The largest absolute Gasteiger partial charge is 0.744 e. The molecule has 0 N–H and O–H groups in total. The predicted octanol–water partition coefficient (Wildman–Crippen LogP) is 9.05. The Bertz CT molecular complexity index is 1400. The maximum atomic E-state index is 11.5. The first-order valence-electron chi connectivity index (χ1n) is 13.5. The molecule has 0 bridgehead atoms. The Morgan fingerprint density at radius 1 is 0.564 bits per heavy atom. The standard InChI is InChI=1S/C19H17S.C15H24O3S/c1-16-12-14-19(15-13-16)20(17-8-4-2-5-9-17)18-10-6-3-7-11-18;1-9(2)12-7-8-13(19(16,17)18)15(11(5)6)14(12)10(3)4/h2-15H,1H3;7-11H,1-6H3,(H,16,17,18)/q+1;/p-1. The van der Waals surface area contributed by atoms with Gasteiger partial charge in [0.25, 0.3) is 0 Å². The Labute approximate surface area is 238 Å². The van der Waals surface area contributed by atoms with Gasteiger partial charge in [0.05, 0.1) is 15.8 Å².